The summed E-state index contributed by atoms with van der Waals surface area (Å²) in [5.41, 5.74) is 2.11. The standard InChI is InChI=1S/C18H23N3O3S2/c1-11-20-13(10-25-11)16(22)21-18-15(17(23)19-8-5-9-24-2)12-6-3-4-7-14(12)26-18/h10H,3-9H2,1-2H3,(H,19,23)(H,21,22). The van der Waals surface area contributed by atoms with Gasteiger partial charge >= 0.3 is 0 Å². The number of nitrogens with zero attached hydrogens (tertiary/aromatic N) is 1. The van der Waals surface area contributed by atoms with E-state index in [9.17, 15) is 9.59 Å². The number of thiophene rings is 1. The van der Waals surface area contributed by atoms with Gasteiger partial charge in [0.1, 0.15) is 10.7 Å². The van der Waals surface area contributed by atoms with Crippen molar-refractivity contribution >= 4 is 39.5 Å². The Hall–Kier alpha value is -1.77. The third-order valence-corrected chi connectivity index (χ3v) is 6.27. The van der Waals surface area contributed by atoms with Crippen LogP contribution in [0.2, 0.25) is 0 Å². The van der Waals surface area contributed by atoms with Crippen LogP contribution in [0.4, 0.5) is 5.00 Å². The number of hydrogen-bond acceptors (Lipinski definition) is 6. The minimum absolute atomic E-state index is 0.120. The second-order valence-corrected chi connectivity index (χ2v) is 8.39. The molecule has 2 N–H and O–H groups in total. The molecule has 26 heavy (non-hydrogen) atoms. The largest absolute Gasteiger partial charge is 0.385 e. The number of thiazole rings is 1. The predicted molar refractivity (Wildman–Crippen MR) is 105 cm³/mol. The molecule has 8 heteroatoms. The highest BCUT2D eigenvalue weighted by molar-refractivity contribution is 7.17. The molecule has 0 aliphatic heterocycles. The number of amides is 2. The Bertz CT molecular complexity index is 798. The topological polar surface area (TPSA) is 80.3 Å². The molecule has 1 aliphatic rings. The van der Waals surface area contributed by atoms with Crippen LogP contribution < -0.4 is 10.6 Å². The lowest BCUT2D eigenvalue weighted by Gasteiger charge is -2.13. The molecule has 1 aliphatic carbocycles. The number of fused-ring (bicyclic) bond motifs is 1. The number of rotatable bonds is 7. The number of nitrogens with one attached hydrogen (secondary N) is 2. The second kappa shape index (κ2) is 8.75. The molecule has 140 valence electrons. The van der Waals surface area contributed by atoms with Crippen LogP contribution in [0, 0.1) is 6.92 Å². The second-order valence-electron chi connectivity index (χ2n) is 6.22. The highest BCUT2D eigenvalue weighted by atomic mass is 32.1. The number of carbonyl (C=O) groups excluding carboxylic acids is 2. The number of methoxy groups -OCH3 is 1. The maximum atomic E-state index is 12.8. The van der Waals surface area contributed by atoms with E-state index in [1.54, 1.807) is 12.5 Å². The molecule has 6 nitrogen and oxygen atoms in total. The van der Waals surface area contributed by atoms with E-state index in [1.165, 1.54) is 27.6 Å². The van der Waals surface area contributed by atoms with Gasteiger partial charge in [-0.15, -0.1) is 22.7 Å². The van der Waals surface area contributed by atoms with E-state index in [0.717, 1.165) is 42.7 Å². The first-order valence-corrected chi connectivity index (χ1v) is 10.4. The fourth-order valence-corrected chi connectivity index (χ4v) is 4.91. The molecule has 0 saturated heterocycles. The highest BCUT2D eigenvalue weighted by Crippen LogP contribution is 2.38. The molecule has 0 aromatic carbocycles. The highest BCUT2D eigenvalue weighted by Gasteiger charge is 2.26. The minimum atomic E-state index is -0.263. The predicted octanol–water partition coefficient (Wildman–Crippen LogP) is 3.41. The average molecular weight is 394 g/mol. The van der Waals surface area contributed by atoms with Crippen LogP contribution in [0.3, 0.4) is 0 Å². The first-order valence-electron chi connectivity index (χ1n) is 8.75. The molecule has 3 rings (SSSR count). The van der Waals surface area contributed by atoms with E-state index >= 15 is 0 Å². The van der Waals surface area contributed by atoms with Gasteiger partial charge in [0.2, 0.25) is 0 Å². The van der Waals surface area contributed by atoms with Gasteiger partial charge in [-0.25, -0.2) is 4.98 Å². The summed E-state index contributed by atoms with van der Waals surface area (Å²) in [7, 11) is 1.64. The molecule has 2 aromatic heterocycles. The normalized spacial score (nSPS) is 13.3. The van der Waals surface area contributed by atoms with E-state index < -0.39 is 0 Å². The lowest BCUT2D eigenvalue weighted by molar-refractivity contribution is 0.0948. The fraction of sp³-hybridized carbons (Fsp3) is 0.500. The summed E-state index contributed by atoms with van der Waals surface area (Å²) in [4.78, 5) is 30.7. The zero-order chi connectivity index (χ0) is 18.5. The molecule has 0 atom stereocenters. The quantitative estimate of drug-likeness (QED) is 0.707. The Morgan fingerprint density at radius 3 is 2.81 bits per heavy atom. The number of hydrogen-bond donors (Lipinski definition) is 2. The fourth-order valence-electron chi connectivity index (χ4n) is 3.04. The lowest BCUT2D eigenvalue weighted by atomic mass is 9.95. The van der Waals surface area contributed by atoms with Crippen LogP contribution in [0.5, 0.6) is 0 Å². The van der Waals surface area contributed by atoms with Crippen molar-refractivity contribution in [3.8, 4) is 0 Å². The minimum Gasteiger partial charge on any atom is -0.385 e. The van der Waals surface area contributed by atoms with Gasteiger partial charge in [0, 0.05) is 30.5 Å². The maximum absolute atomic E-state index is 12.8. The van der Waals surface area contributed by atoms with Crippen molar-refractivity contribution in [2.75, 3.05) is 25.6 Å². The number of carbonyl (C=O) groups is 2. The van der Waals surface area contributed by atoms with E-state index in [4.69, 9.17) is 4.74 Å². The summed E-state index contributed by atoms with van der Waals surface area (Å²) in [6.45, 7) is 3.02. The molecular weight excluding hydrogens is 370 g/mol. The maximum Gasteiger partial charge on any atom is 0.275 e. The van der Waals surface area contributed by atoms with Crippen molar-refractivity contribution in [3.05, 3.63) is 32.1 Å². The van der Waals surface area contributed by atoms with Crippen molar-refractivity contribution in [2.45, 2.75) is 39.0 Å². The third kappa shape index (κ3) is 4.31. The Balaban J connectivity index is 1.81. The summed E-state index contributed by atoms with van der Waals surface area (Å²) < 4.78 is 5.02. The van der Waals surface area contributed by atoms with Crippen molar-refractivity contribution < 1.29 is 14.3 Å². The summed E-state index contributed by atoms with van der Waals surface area (Å²) in [5, 5.41) is 9.09. The van der Waals surface area contributed by atoms with E-state index in [0.29, 0.717) is 29.4 Å². The van der Waals surface area contributed by atoms with Crippen LogP contribution in [0.15, 0.2) is 5.38 Å². The molecule has 0 radical (unpaired) electrons. The number of anilines is 1. The van der Waals surface area contributed by atoms with Crippen molar-refractivity contribution in [3.63, 3.8) is 0 Å². The molecule has 2 heterocycles. The first-order chi connectivity index (χ1) is 12.6. The molecular formula is C18H23N3O3S2. The average Bonchev–Trinajstić information content (AvgIpc) is 3.21. The van der Waals surface area contributed by atoms with E-state index in [2.05, 4.69) is 15.6 Å². The van der Waals surface area contributed by atoms with Crippen LogP contribution >= 0.6 is 22.7 Å². The van der Waals surface area contributed by atoms with Crippen LogP contribution in [-0.4, -0.2) is 37.1 Å². The van der Waals surface area contributed by atoms with Gasteiger partial charge in [-0.3, -0.25) is 9.59 Å². The van der Waals surface area contributed by atoms with Gasteiger partial charge in [0.15, 0.2) is 0 Å². The smallest absolute Gasteiger partial charge is 0.275 e. The Morgan fingerprint density at radius 2 is 2.08 bits per heavy atom. The first kappa shape index (κ1) is 19.0. The Labute approximate surface area is 161 Å². The molecule has 0 fully saturated rings. The van der Waals surface area contributed by atoms with Gasteiger partial charge in [-0.2, -0.15) is 0 Å². The molecule has 0 spiro atoms. The Morgan fingerprint density at radius 1 is 1.27 bits per heavy atom. The van der Waals surface area contributed by atoms with E-state index in [1.807, 2.05) is 6.92 Å². The molecule has 0 saturated carbocycles. The Kier molecular flexibility index (Phi) is 6.39. The monoisotopic (exact) mass is 393 g/mol. The van der Waals surface area contributed by atoms with Gasteiger partial charge in [0.25, 0.3) is 11.8 Å². The summed E-state index contributed by atoms with van der Waals surface area (Å²) >= 11 is 2.96. The summed E-state index contributed by atoms with van der Waals surface area (Å²) in [5.74, 6) is -0.383. The molecule has 2 amide bonds. The van der Waals surface area contributed by atoms with Crippen LogP contribution in [0.1, 0.15) is 55.6 Å². The van der Waals surface area contributed by atoms with Gasteiger partial charge in [-0.1, -0.05) is 0 Å². The van der Waals surface area contributed by atoms with Crippen molar-refractivity contribution in [1.82, 2.24) is 10.3 Å². The lowest BCUT2D eigenvalue weighted by Crippen LogP contribution is -2.27. The van der Waals surface area contributed by atoms with E-state index in [-0.39, 0.29) is 11.8 Å². The van der Waals surface area contributed by atoms with Crippen LogP contribution in [0.25, 0.3) is 0 Å². The summed E-state index contributed by atoms with van der Waals surface area (Å²) in [6.07, 6.45) is 4.82. The molecule has 0 bridgehead atoms. The van der Waals surface area contributed by atoms with Gasteiger partial charge in [-0.05, 0) is 44.6 Å². The third-order valence-electron chi connectivity index (χ3n) is 4.29. The zero-order valence-corrected chi connectivity index (χ0v) is 16.6. The van der Waals surface area contributed by atoms with Crippen molar-refractivity contribution in [2.24, 2.45) is 0 Å². The zero-order valence-electron chi connectivity index (χ0n) is 15.0. The molecule has 0 unspecified atom stereocenters. The van der Waals surface area contributed by atoms with Gasteiger partial charge in [0.05, 0.1) is 10.6 Å². The number of ether oxygens (including phenoxy) is 1. The number of aryl methyl sites for hydroxylation is 2. The van der Waals surface area contributed by atoms with Crippen LogP contribution in [-0.2, 0) is 17.6 Å². The van der Waals surface area contributed by atoms with Gasteiger partial charge < -0.3 is 15.4 Å². The molecule has 2 aromatic rings. The summed E-state index contributed by atoms with van der Waals surface area (Å²) in [6, 6.07) is 0. The van der Waals surface area contributed by atoms with Crippen molar-refractivity contribution in [1.29, 1.82) is 0 Å². The number of aromatic nitrogens is 1. The SMILES string of the molecule is COCCCNC(=O)c1c(NC(=O)c2csc(C)n2)sc2c1CCCC2.